The number of nitrogens with one attached hydrogen (secondary N) is 2. The van der Waals surface area contributed by atoms with Crippen molar-refractivity contribution in [3.05, 3.63) is 71.3 Å². The van der Waals surface area contributed by atoms with Gasteiger partial charge in [0.15, 0.2) is 0 Å². The molecular weight excluding hydrogens is 378 g/mol. The molecule has 0 aromatic heterocycles. The second kappa shape index (κ2) is 9.69. The maximum Gasteiger partial charge on any atom is 0.240 e. The lowest BCUT2D eigenvalue weighted by Crippen LogP contribution is -2.20. The highest BCUT2D eigenvalue weighted by Gasteiger charge is 2.09. The lowest BCUT2D eigenvalue weighted by atomic mass is 10.0. The Bertz CT molecular complexity index is 1110. The molecule has 3 aromatic rings. The highest BCUT2D eigenvalue weighted by atomic mass is 16.5. The first-order valence-corrected chi connectivity index (χ1v) is 9.72. The molecule has 0 aliphatic carbocycles. The Labute approximate surface area is 175 Å². The summed E-state index contributed by atoms with van der Waals surface area (Å²) >= 11 is 0. The number of rotatable bonds is 7. The molecule has 30 heavy (non-hydrogen) atoms. The molecule has 0 spiro atoms. The van der Waals surface area contributed by atoms with E-state index in [0.29, 0.717) is 5.75 Å². The lowest BCUT2D eigenvalue weighted by Gasteiger charge is -2.08. The van der Waals surface area contributed by atoms with Crippen molar-refractivity contribution in [3.63, 3.8) is 0 Å². The van der Waals surface area contributed by atoms with E-state index in [9.17, 15) is 9.59 Å². The number of aryl methyl sites for hydroxylation is 2. The first-order valence-electron chi connectivity index (χ1n) is 9.72. The van der Waals surface area contributed by atoms with E-state index in [0.717, 1.165) is 33.2 Å². The molecule has 3 aromatic carbocycles. The minimum atomic E-state index is -0.333. The molecule has 0 heterocycles. The summed E-state index contributed by atoms with van der Waals surface area (Å²) in [4.78, 5) is 24.2. The lowest BCUT2D eigenvalue weighted by molar-refractivity contribution is -0.124. The fourth-order valence-electron chi connectivity index (χ4n) is 3.08. The molecule has 3 rings (SSSR count). The van der Waals surface area contributed by atoms with Crippen LogP contribution in [0.5, 0.6) is 5.75 Å². The van der Waals surface area contributed by atoms with Gasteiger partial charge in [-0.15, -0.1) is 0 Å². The quantitative estimate of drug-likeness (QED) is 0.455. The Kier molecular flexibility index (Phi) is 6.80. The number of hydrogen-bond donors (Lipinski definition) is 2. The van der Waals surface area contributed by atoms with Gasteiger partial charge in [-0.05, 0) is 53.9 Å². The van der Waals surface area contributed by atoms with Gasteiger partial charge in [0.1, 0.15) is 5.75 Å². The average molecular weight is 403 g/mol. The van der Waals surface area contributed by atoms with E-state index in [1.807, 2.05) is 68.4 Å². The summed E-state index contributed by atoms with van der Waals surface area (Å²) in [6, 6.07) is 17.4. The van der Waals surface area contributed by atoms with Gasteiger partial charge < -0.3 is 10.1 Å². The number of ether oxygens (including phenoxy) is 1. The Morgan fingerprint density at radius 2 is 1.73 bits per heavy atom. The highest BCUT2D eigenvalue weighted by molar-refractivity contribution is 6.02. The maximum atomic E-state index is 12.1. The largest absolute Gasteiger partial charge is 0.496 e. The number of anilines is 1. The molecule has 2 N–H and O–H groups in total. The van der Waals surface area contributed by atoms with Crippen LogP contribution in [0, 0.1) is 13.8 Å². The molecule has 154 valence electrons. The van der Waals surface area contributed by atoms with Crippen molar-refractivity contribution in [1.82, 2.24) is 5.43 Å². The summed E-state index contributed by atoms with van der Waals surface area (Å²) in [7, 11) is 1.59. The highest BCUT2D eigenvalue weighted by Crippen LogP contribution is 2.26. The number of amides is 2. The van der Waals surface area contributed by atoms with Gasteiger partial charge in [-0.25, -0.2) is 5.43 Å². The van der Waals surface area contributed by atoms with E-state index in [1.165, 1.54) is 0 Å². The van der Waals surface area contributed by atoms with Crippen LogP contribution >= 0.6 is 0 Å². The second-order valence-electron chi connectivity index (χ2n) is 7.04. The molecule has 0 aliphatic heterocycles. The zero-order chi connectivity index (χ0) is 21.5. The minimum absolute atomic E-state index is 0.0424. The topological polar surface area (TPSA) is 79.8 Å². The SMILES string of the molecule is COc1ccc2ccccc2c1C=NNC(=O)CCC(=O)Nc1ccc(C)c(C)c1. The Balaban J connectivity index is 1.56. The molecule has 0 atom stereocenters. The number of nitrogens with zero attached hydrogens (tertiary/aromatic N) is 1. The number of hydrazone groups is 1. The van der Waals surface area contributed by atoms with Crippen molar-refractivity contribution >= 4 is 34.5 Å². The number of fused-ring (bicyclic) bond motifs is 1. The van der Waals surface area contributed by atoms with E-state index in [2.05, 4.69) is 15.8 Å². The van der Waals surface area contributed by atoms with Gasteiger partial charge in [-0.2, -0.15) is 5.10 Å². The van der Waals surface area contributed by atoms with Gasteiger partial charge in [-0.1, -0.05) is 36.4 Å². The normalized spacial score (nSPS) is 10.9. The standard InChI is InChI=1S/C24H25N3O3/c1-16-8-10-19(14-17(16)2)26-23(28)12-13-24(29)27-25-15-21-20-7-5-4-6-18(20)9-11-22(21)30-3/h4-11,14-15H,12-13H2,1-3H3,(H,26,28)(H,27,29). The van der Waals surface area contributed by atoms with Crippen LogP contribution in [0.3, 0.4) is 0 Å². The van der Waals surface area contributed by atoms with Crippen molar-refractivity contribution in [2.75, 3.05) is 12.4 Å². The van der Waals surface area contributed by atoms with E-state index >= 15 is 0 Å². The number of methoxy groups -OCH3 is 1. The van der Waals surface area contributed by atoms with Crippen LogP contribution in [0.15, 0.2) is 59.7 Å². The summed E-state index contributed by atoms with van der Waals surface area (Å²) in [6.45, 7) is 4.00. The van der Waals surface area contributed by atoms with Crippen LogP contribution < -0.4 is 15.5 Å². The molecule has 2 amide bonds. The van der Waals surface area contributed by atoms with E-state index in [-0.39, 0.29) is 24.7 Å². The van der Waals surface area contributed by atoms with Gasteiger partial charge in [0, 0.05) is 24.1 Å². The molecule has 0 fully saturated rings. The summed E-state index contributed by atoms with van der Waals surface area (Å²) in [5, 5.41) is 8.88. The predicted molar refractivity (Wildman–Crippen MR) is 120 cm³/mol. The molecule has 6 nitrogen and oxygen atoms in total. The fraction of sp³-hybridized carbons (Fsp3) is 0.208. The monoisotopic (exact) mass is 403 g/mol. The van der Waals surface area contributed by atoms with Crippen LogP contribution in [0.2, 0.25) is 0 Å². The molecule has 0 unspecified atom stereocenters. The number of carbonyl (C=O) groups excluding carboxylic acids is 2. The summed E-state index contributed by atoms with van der Waals surface area (Å²) in [5.41, 5.74) is 6.25. The van der Waals surface area contributed by atoms with E-state index in [1.54, 1.807) is 13.3 Å². The molecule has 0 saturated carbocycles. The number of hydrogen-bond acceptors (Lipinski definition) is 4. The Morgan fingerprint density at radius 3 is 2.50 bits per heavy atom. The predicted octanol–water partition coefficient (Wildman–Crippen LogP) is 4.33. The van der Waals surface area contributed by atoms with Crippen LogP contribution in [0.1, 0.15) is 29.5 Å². The van der Waals surface area contributed by atoms with Crippen LogP contribution in [0.4, 0.5) is 5.69 Å². The van der Waals surface area contributed by atoms with Crippen molar-refractivity contribution in [1.29, 1.82) is 0 Å². The van der Waals surface area contributed by atoms with Crippen LogP contribution in [0.25, 0.3) is 10.8 Å². The third kappa shape index (κ3) is 5.23. The fourth-order valence-corrected chi connectivity index (χ4v) is 3.08. The third-order valence-electron chi connectivity index (χ3n) is 4.90. The van der Waals surface area contributed by atoms with Crippen LogP contribution in [-0.4, -0.2) is 25.1 Å². The smallest absolute Gasteiger partial charge is 0.240 e. The zero-order valence-electron chi connectivity index (χ0n) is 17.4. The molecular formula is C24H25N3O3. The Morgan fingerprint density at radius 1 is 0.967 bits per heavy atom. The van der Waals surface area contributed by atoms with Crippen molar-refractivity contribution in [2.45, 2.75) is 26.7 Å². The number of carbonyl (C=O) groups is 2. The van der Waals surface area contributed by atoms with Gasteiger partial charge in [0.05, 0.1) is 13.3 Å². The molecule has 0 radical (unpaired) electrons. The van der Waals surface area contributed by atoms with Gasteiger partial charge in [0.2, 0.25) is 11.8 Å². The third-order valence-corrected chi connectivity index (χ3v) is 4.90. The molecule has 6 heteroatoms. The van der Waals surface area contributed by atoms with E-state index < -0.39 is 0 Å². The number of benzene rings is 3. The maximum absolute atomic E-state index is 12.1. The van der Waals surface area contributed by atoms with Gasteiger partial charge in [-0.3, -0.25) is 9.59 Å². The molecule has 0 bridgehead atoms. The first-order chi connectivity index (χ1) is 14.5. The Hall–Kier alpha value is -3.67. The summed E-state index contributed by atoms with van der Waals surface area (Å²) in [5.74, 6) is 0.119. The summed E-state index contributed by atoms with van der Waals surface area (Å²) < 4.78 is 5.41. The van der Waals surface area contributed by atoms with Crippen molar-refractivity contribution in [2.24, 2.45) is 5.10 Å². The van der Waals surface area contributed by atoms with Gasteiger partial charge in [0.25, 0.3) is 0 Å². The minimum Gasteiger partial charge on any atom is -0.496 e. The zero-order valence-corrected chi connectivity index (χ0v) is 17.4. The average Bonchev–Trinajstić information content (AvgIpc) is 2.75. The van der Waals surface area contributed by atoms with Crippen LogP contribution in [-0.2, 0) is 9.59 Å². The van der Waals surface area contributed by atoms with Crippen molar-refractivity contribution < 1.29 is 14.3 Å². The first kappa shape index (κ1) is 21.0. The second-order valence-corrected chi connectivity index (χ2v) is 7.04. The van der Waals surface area contributed by atoms with E-state index in [4.69, 9.17) is 4.74 Å². The van der Waals surface area contributed by atoms with Gasteiger partial charge >= 0.3 is 0 Å². The van der Waals surface area contributed by atoms with Crippen molar-refractivity contribution in [3.8, 4) is 5.75 Å². The molecule has 0 saturated heterocycles. The molecule has 0 aliphatic rings. The summed E-state index contributed by atoms with van der Waals surface area (Å²) in [6.07, 6.45) is 1.68.